The fourth-order valence-electron chi connectivity index (χ4n) is 2.19. The molecule has 2 unspecified atom stereocenters. The molecule has 3 nitrogen and oxygen atoms in total. The van der Waals surface area contributed by atoms with E-state index in [1.807, 2.05) is 13.1 Å². The first-order valence-electron chi connectivity index (χ1n) is 5.61. The van der Waals surface area contributed by atoms with E-state index in [-0.39, 0.29) is 0 Å². The number of rotatable bonds is 4. The summed E-state index contributed by atoms with van der Waals surface area (Å²) in [4.78, 5) is 5.57. The van der Waals surface area contributed by atoms with E-state index in [0.29, 0.717) is 6.04 Å². The van der Waals surface area contributed by atoms with Crippen molar-refractivity contribution >= 4 is 11.3 Å². The van der Waals surface area contributed by atoms with Gasteiger partial charge in [0.1, 0.15) is 0 Å². The van der Waals surface area contributed by atoms with Gasteiger partial charge in [-0.2, -0.15) is 0 Å². The summed E-state index contributed by atoms with van der Waals surface area (Å²) in [5, 5.41) is 4.64. The highest BCUT2D eigenvalue weighted by Gasteiger charge is 2.20. The minimum Gasteiger partial charge on any atom is -0.328 e. The van der Waals surface area contributed by atoms with E-state index in [2.05, 4.69) is 10.3 Å². The standard InChI is InChI=1S/C11H19N3S/c1-8-14-7-11(15-8)6-13-5-9-2-3-10(12)4-9/h7,9-10,13H,2-6,12H2,1H3. The largest absolute Gasteiger partial charge is 0.328 e. The molecule has 1 fully saturated rings. The van der Waals surface area contributed by atoms with Crippen LogP contribution in [0.5, 0.6) is 0 Å². The molecular formula is C11H19N3S. The zero-order valence-corrected chi connectivity index (χ0v) is 10.0. The van der Waals surface area contributed by atoms with Crippen LogP contribution >= 0.6 is 11.3 Å². The first kappa shape index (κ1) is 11.0. The quantitative estimate of drug-likeness (QED) is 0.819. The average Bonchev–Trinajstić information content (AvgIpc) is 2.76. The van der Waals surface area contributed by atoms with Crippen LogP contribution < -0.4 is 11.1 Å². The third-order valence-electron chi connectivity index (χ3n) is 2.98. The Labute approximate surface area is 95.1 Å². The molecule has 1 heterocycles. The Kier molecular flexibility index (Phi) is 3.72. The molecule has 1 saturated carbocycles. The van der Waals surface area contributed by atoms with Gasteiger partial charge in [-0.05, 0) is 38.6 Å². The average molecular weight is 225 g/mol. The van der Waals surface area contributed by atoms with Crippen molar-refractivity contribution in [2.75, 3.05) is 6.54 Å². The molecule has 4 heteroatoms. The van der Waals surface area contributed by atoms with Crippen LogP contribution in [-0.4, -0.2) is 17.6 Å². The SMILES string of the molecule is Cc1ncc(CNCC2CCC(N)C2)s1. The molecular weight excluding hydrogens is 206 g/mol. The van der Waals surface area contributed by atoms with Crippen LogP contribution in [0.3, 0.4) is 0 Å². The molecule has 1 aromatic heterocycles. The van der Waals surface area contributed by atoms with Crippen molar-refractivity contribution in [2.45, 2.75) is 38.8 Å². The van der Waals surface area contributed by atoms with Gasteiger partial charge in [0.25, 0.3) is 0 Å². The molecule has 1 aliphatic rings. The summed E-state index contributed by atoms with van der Waals surface area (Å²) >= 11 is 1.77. The summed E-state index contributed by atoms with van der Waals surface area (Å²) in [7, 11) is 0. The predicted molar refractivity (Wildman–Crippen MR) is 63.9 cm³/mol. The monoisotopic (exact) mass is 225 g/mol. The topological polar surface area (TPSA) is 50.9 Å². The summed E-state index contributed by atoms with van der Waals surface area (Å²) in [6, 6.07) is 0.447. The normalized spacial score (nSPS) is 26.0. The van der Waals surface area contributed by atoms with Crippen LogP contribution in [0.1, 0.15) is 29.1 Å². The number of aryl methyl sites for hydroxylation is 1. The predicted octanol–water partition coefficient (Wildman–Crippen LogP) is 1.67. The maximum atomic E-state index is 5.88. The zero-order valence-electron chi connectivity index (χ0n) is 9.20. The van der Waals surface area contributed by atoms with Crippen LogP contribution in [-0.2, 0) is 6.54 Å². The first-order valence-corrected chi connectivity index (χ1v) is 6.43. The molecule has 0 saturated heterocycles. The van der Waals surface area contributed by atoms with Crippen molar-refractivity contribution in [1.82, 2.24) is 10.3 Å². The van der Waals surface area contributed by atoms with Crippen LogP contribution in [0.15, 0.2) is 6.20 Å². The summed E-state index contributed by atoms with van der Waals surface area (Å²) in [5.74, 6) is 0.786. The molecule has 1 aromatic rings. The Morgan fingerprint density at radius 3 is 3.07 bits per heavy atom. The van der Waals surface area contributed by atoms with Gasteiger partial charge in [0.2, 0.25) is 0 Å². The van der Waals surface area contributed by atoms with Gasteiger partial charge in [0.05, 0.1) is 5.01 Å². The Hall–Kier alpha value is -0.450. The molecule has 3 N–H and O–H groups in total. The number of nitrogens with two attached hydrogens (primary N) is 1. The van der Waals surface area contributed by atoms with Crippen molar-refractivity contribution in [3.05, 3.63) is 16.1 Å². The van der Waals surface area contributed by atoms with Crippen molar-refractivity contribution in [2.24, 2.45) is 11.7 Å². The van der Waals surface area contributed by atoms with Crippen LogP contribution in [0.25, 0.3) is 0 Å². The lowest BCUT2D eigenvalue weighted by Gasteiger charge is -2.09. The highest BCUT2D eigenvalue weighted by molar-refractivity contribution is 7.11. The molecule has 2 rings (SSSR count). The first-order chi connectivity index (χ1) is 7.24. The molecule has 0 bridgehead atoms. The lowest BCUT2D eigenvalue weighted by Crippen LogP contribution is -2.22. The van der Waals surface area contributed by atoms with Gasteiger partial charge in [-0.3, -0.25) is 0 Å². The van der Waals surface area contributed by atoms with Gasteiger partial charge in [0, 0.05) is 23.7 Å². The molecule has 15 heavy (non-hydrogen) atoms. The lowest BCUT2D eigenvalue weighted by atomic mass is 10.1. The number of hydrogen-bond donors (Lipinski definition) is 2. The van der Waals surface area contributed by atoms with E-state index >= 15 is 0 Å². The molecule has 0 aliphatic heterocycles. The summed E-state index contributed by atoms with van der Waals surface area (Å²) < 4.78 is 0. The fraction of sp³-hybridized carbons (Fsp3) is 0.727. The third-order valence-corrected chi connectivity index (χ3v) is 3.90. The van der Waals surface area contributed by atoms with E-state index in [9.17, 15) is 0 Å². The van der Waals surface area contributed by atoms with E-state index in [4.69, 9.17) is 5.73 Å². The van der Waals surface area contributed by atoms with E-state index < -0.39 is 0 Å². The smallest absolute Gasteiger partial charge is 0.0897 e. The fourth-order valence-corrected chi connectivity index (χ4v) is 2.95. The number of hydrogen-bond acceptors (Lipinski definition) is 4. The van der Waals surface area contributed by atoms with Crippen LogP contribution in [0.4, 0.5) is 0 Å². The Balaban J connectivity index is 1.67. The summed E-state index contributed by atoms with van der Waals surface area (Å²) in [6.45, 7) is 4.10. The molecule has 0 amide bonds. The highest BCUT2D eigenvalue weighted by atomic mass is 32.1. The third kappa shape index (κ3) is 3.26. The molecule has 1 aliphatic carbocycles. The van der Waals surface area contributed by atoms with Gasteiger partial charge < -0.3 is 11.1 Å². The van der Waals surface area contributed by atoms with Gasteiger partial charge in [-0.15, -0.1) is 11.3 Å². The zero-order chi connectivity index (χ0) is 10.7. The van der Waals surface area contributed by atoms with Gasteiger partial charge in [-0.25, -0.2) is 4.98 Å². The molecule has 84 valence electrons. The molecule has 0 spiro atoms. The maximum Gasteiger partial charge on any atom is 0.0897 e. The maximum absolute atomic E-state index is 5.88. The van der Waals surface area contributed by atoms with Crippen LogP contribution in [0, 0.1) is 12.8 Å². The molecule has 0 radical (unpaired) electrons. The minimum atomic E-state index is 0.447. The minimum absolute atomic E-state index is 0.447. The van der Waals surface area contributed by atoms with Crippen molar-refractivity contribution in [3.63, 3.8) is 0 Å². The second kappa shape index (κ2) is 5.05. The molecule has 0 aromatic carbocycles. The van der Waals surface area contributed by atoms with Crippen molar-refractivity contribution in [3.8, 4) is 0 Å². The molecule has 2 atom stereocenters. The van der Waals surface area contributed by atoms with E-state index in [0.717, 1.165) is 24.0 Å². The lowest BCUT2D eigenvalue weighted by molar-refractivity contribution is 0.484. The highest BCUT2D eigenvalue weighted by Crippen LogP contribution is 2.23. The van der Waals surface area contributed by atoms with Gasteiger partial charge >= 0.3 is 0 Å². The van der Waals surface area contributed by atoms with E-state index in [1.54, 1.807) is 11.3 Å². The van der Waals surface area contributed by atoms with Crippen molar-refractivity contribution < 1.29 is 0 Å². The number of thiazole rings is 1. The Morgan fingerprint density at radius 2 is 2.47 bits per heavy atom. The summed E-state index contributed by atoms with van der Waals surface area (Å²) in [6.07, 6.45) is 5.64. The van der Waals surface area contributed by atoms with E-state index in [1.165, 1.54) is 24.1 Å². The number of aromatic nitrogens is 1. The van der Waals surface area contributed by atoms with Crippen LogP contribution in [0.2, 0.25) is 0 Å². The van der Waals surface area contributed by atoms with Gasteiger partial charge in [-0.1, -0.05) is 0 Å². The van der Waals surface area contributed by atoms with Gasteiger partial charge in [0.15, 0.2) is 0 Å². The second-order valence-electron chi connectivity index (χ2n) is 4.42. The summed E-state index contributed by atoms with van der Waals surface area (Å²) in [5.41, 5.74) is 5.88. The number of nitrogens with one attached hydrogen (secondary N) is 1. The Bertz CT molecular complexity index is 311. The number of nitrogens with zero attached hydrogens (tertiary/aromatic N) is 1. The second-order valence-corrected chi connectivity index (χ2v) is 5.73. The Morgan fingerprint density at radius 1 is 1.60 bits per heavy atom. The van der Waals surface area contributed by atoms with Crippen molar-refractivity contribution in [1.29, 1.82) is 0 Å².